The van der Waals surface area contributed by atoms with E-state index in [1.54, 1.807) is 18.4 Å². The normalized spacial score (nSPS) is 10.2. The summed E-state index contributed by atoms with van der Waals surface area (Å²) in [4.78, 5) is 10.9. The maximum Gasteiger partial charge on any atom is 0.337 e. The van der Waals surface area contributed by atoms with Crippen molar-refractivity contribution < 1.29 is 14.3 Å². The molecule has 0 unspecified atom stereocenters. The summed E-state index contributed by atoms with van der Waals surface area (Å²) in [5.74, 6) is -0.140. The number of nitrogen functional groups attached to an aromatic ring is 1. The first-order chi connectivity index (χ1) is 8.66. The van der Waals surface area contributed by atoms with Gasteiger partial charge in [0.2, 0.25) is 0 Å². The maximum atomic E-state index is 10.9. The number of hydrogen-bond acceptors (Lipinski definition) is 4. The summed E-state index contributed by atoms with van der Waals surface area (Å²) in [6, 6.07) is 8.59. The van der Waals surface area contributed by atoms with Gasteiger partial charge >= 0.3 is 5.97 Å². The van der Waals surface area contributed by atoms with E-state index in [-0.39, 0.29) is 11.3 Å². The minimum absolute atomic E-state index is 0.109. The van der Waals surface area contributed by atoms with E-state index in [4.69, 9.17) is 15.3 Å². The molecular weight excluding hydrogens is 232 g/mol. The highest BCUT2D eigenvalue weighted by molar-refractivity contribution is 5.94. The van der Waals surface area contributed by atoms with Crippen LogP contribution in [-0.4, -0.2) is 17.6 Å². The summed E-state index contributed by atoms with van der Waals surface area (Å²) in [5, 5.41) is 12.1. The van der Waals surface area contributed by atoms with Crippen molar-refractivity contribution in [2.24, 2.45) is 0 Å². The molecule has 0 aliphatic carbocycles. The Morgan fingerprint density at radius 2 is 2.22 bits per heavy atom. The van der Waals surface area contributed by atoms with Gasteiger partial charge in [-0.25, -0.2) is 4.79 Å². The van der Waals surface area contributed by atoms with E-state index in [2.05, 4.69) is 5.32 Å². The van der Waals surface area contributed by atoms with Gasteiger partial charge in [-0.2, -0.15) is 0 Å². The Morgan fingerprint density at radius 3 is 2.89 bits per heavy atom. The van der Waals surface area contributed by atoms with E-state index in [0.717, 1.165) is 17.9 Å². The molecule has 0 aliphatic rings. The van der Waals surface area contributed by atoms with Crippen LogP contribution >= 0.6 is 0 Å². The lowest BCUT2D eigenvalue weighted by Crippen LogP contribution is -2.07. The SMILES string of the molecule is Nc1ccc(NCCc2ccco2)cc1C(=O)O. The average molecular weight is 246 g/mol. The van der Waals surface area contributed by atoms with E-state index in [0.29, 0.717) is 6.54 Å². The van der Waals surface area contributed by atoms with Gasteiger partial charge < -0.3 is 20.6 Å². The molecule has 0 aliphatic heterocycles. The molecule has 2 aromatic rings. The molecule has 0 atom stereocenters. The topological polar surface area (TPSA) is 88.5 Å². The second-order valence-electron chi connectivity index (χ2n) is 3.86. The van der Waals surface area contributed by atoms with Gasteiger partial charge in [-0.05, 0) is 30.3 Å². The number of rotatable bonds is 5. The number of carbonyl (C=O) groups is 1. The third-order valence-electron chi connectivity index (χ3n) is 2.56. The Bertz CT molecular complexity index is 535. The molecule has 0 radical (unpaired) electrons. The van der Waals surface area contributed by atoms with Crippen LogP contribution in [0.5, 0.6) is 0 Å². The van der Waals surface area contributed by atoms with Crippen molar-refractivity contribution in [2.45, 2.75) is 6.42 Å². The van der Waals surface area contributed by atoms with Crippen molar-refractivity contribution in [3.63, 3.8) is 0 Å². The predicted molar refractivity (Wildman–Crippen MR) is 68.7 cm³/mol. The summed E-state index contributed by atoms with van der Waals surface area (Å²) in [7, 11) is 0. The van der Waals surface area contributed by atoms with Gasteiger partial charge in [0.25, 0.3) is 0 Å². The third kappa shape index (κ3) is 2.82. The summed E-state index contributed by atoms with van der Waals surface area (Å²) >= 11 is 0. The van der Waals surface area contributed by atoms with E-state index in [1.807, 2.05) is 12.1 Å². The lowest BCUT2D eigenvalue weighted by molar-refractivity contribution is 0.0698. The zero-order valence-electron chi connectivity index (χ0n) is 9.72. The molecule has 0 bridgehead atoms. The Labute approximate surface area is 104 Å². The van der Waals surface area contributed by atoms with Crippen LogP contribution in [-0.2, 0) is 6.42 Å². The van der Waals surface area contributed by atoms with Crippen LogP contribution in [0, 0.1) is 0 Å². The van der Waals surface area contributed by atoms with Gasteiger partial charge in [0.15, 0.2) is 0 Å². The van der Waals surface area contributed by atoms with Crippen LogP contribution in [0.4, 0.5) is 11.4 Å². The quantitative estimate of drug-likeness (QED) is 0.704. The monoisotopic (exact) mass is 246 g/mol. The van der Waals surface area contributed by atoms with Crippen molar-refractivity contribution in [3.05, 3.63) is 47.9 Å². The molecule has 1 heterocycles. The number of aromatic carboxylic acids is 1. The molecule has 0 amide bonds. The number of nitrogens with one attached hydrogen (secondary N) is 1. The first-order valence-corrected chi connectivity index (χ1v) is 5.56. The number of benzene rings is 1. The van der Waals surface area contributed by atoms with E-state index in [1.165, 1.54) is 6.07 Å². The molecule has 0 saturated heterocycles. The predicted octanol–water partition coefficient (Wildman–Crippen LogP) is 2.21. The second-order valence-corrected chi connectivity index (χ2v) is 3.86. The van der Waals surface area contributed by atoms with Crippen molar-refractivity contribution >= 4 is 17.3 Å². The Hall–Kier alpha value is -2.43. The summed E-state index contributed by atoms with van der Waals surface area (Å²) in [6.07, 6.45) is 2.36. The molecule has 0 spiro atoms. The van der Waals surface area contributed by atoms with Crippen LogP contribution in [0.15, 0.2) is 41.0 Å². The number of anilines is 2. The van der Waals surface area contributed by atoms with Crippen molar-refractivity contribution in [2.75, 3.05) is 17.6 Å². The van der Waals surface area contributed by atoms with Crippen LogP contribution in [0.1, 0.15) is 16.1 Å². The second kappa shape index (κ2) is 5.27. The fourth-order valence-corrected chi connectivity index (χ4v) is 1.64. The smallest absolute Gasteiger partial charge is 0.337 e. The van der Waals surface area contributed by atoms with Crippen molar-refractivity contribution in [1.29, 1.82) is 0 Å². The summed E-state index contributed by atoms with van der Waals surface area (Å²) in [5.41, 5.74) is 6.67. The fourth-order valence-electron chi connectivity index (χ4n) is 1.64. The van der Waals surface area contributed by atoms with Gasteiger partial charge in [-0.15, -0.1) is 0 Å². The summed E-state index contributed by atoms with van der Waals surface area (Å²) < 4.78 is 5.20. The lowest BCUT2D eigenvalue weighted by atomic mass is 10.1. The average Bonchev–Trinajstić information content (AvgIpc) is 2.84. The zero-order valence-corrected chi connectivity index (χ0v) is 9.72. The molecule has 4 N–H and O–H groups in total. The zero-order chi connectivity index (χ0) is 13.0. The first-order valence-electron chi connectivity index (χ1n) is 5.56. The molecule has 2 rings (SSSR count). The standard InChI is InChI=1S/C13H14N2O3/c14-12-4-3-9(8-11(12)13(16)17)15-6-5-10-2-1-7-18-10/h1-4,7-8,15H,5-6,14H2,(H,16,17). The van der Waals surface area contributed by atoms with Crippen LogP contribution in [0.2, 0.25) is 0 Å². The van der Waals surface area contributed by atoms with E-state index >= 15 is 0 Å². The minimum atomic E-state index is -1.03. The van der Waals surface area contributed by atoms with Crippen molar-refractivity contribution in [1.82, 2.24) is 0 Å². The Kier molecular flexibility index (Phi) is 3.52. The van der Waals surface area contributed by atoms with Gasteiger partial charge in [-0.1, -0.05) is 0 Å². The van der Waals surface area contributed by atoms with Crippen molar-refractivity contribution in [3.8, 4) is 0 Å². The van der Waals surface area contributed by atoms with E-state index < -0.39 is 5.97 Å². The number of hydrogen-bond donors (Lipinski definition) is 3. The number of carboxylic acid groups (broad SMARTS) is 1. The molecule has 18 heavy (non-hydrogen) atoms. The lowest BCUT2D eigenvalue weighted by Gasteiger charge is -2.07. The molecule has 94 valence electrons. The molecular formula is C13H14N2O3. The van der Waals surface area contributed by atoms with E-state index in [9.17, 15) is 4.79 Å². The molecule has 5 heteroatoms. The first kappa shape index (κ1) is 12.0. The number of furan rings is 1. The van der Waals surface area contributed by atoms with Gasteiger partial charge in [0.05, 0.1) is 11.8 Å². The number of carboxylic acids is 1. The molecule has 1 aromatic heterocycles. The highest BCUT2D eigenvalue weighted by atomic mass is 16.4. The highest BCUT2D eigenvalue weighted by Crippen LogP contribution is 2.17. The van der Waals surface area contributed by atoms with Crippen LogP contribution in [0.3, 0.4) is 0 Å². The molecule has 1 aromatic carbocycles. The third-order valence-corrected chi connectivity index (χ3v) is 2.56. The Balaban J connectivity index is 1.97. The number of nitrogens with two attached hydrogens (primary N) is 1. The summed E-state index contributed by atoms with van der Waals surface area (Å²) in [6.45, 7) is 0.663. The minimum Gasteiger partial charge on any atom is -0.478 e. The van der Waals surface area contributed by atoms with Crippen LogP contribution in [0.25, 0.3) is 0 Å². The molecule has 5 nitrogen and oxygen atoms in total. The maximum absolute atomic E-state index is 10.9. The fraction of sp³-hybridized carbons (Fsp3) is 0.154. The molecule has 0 saturated carbocycles. The van der Waals surface area contributed by atoms with Crippen LogP contribution < -0.4 is 11.1 Å². The molecule has 0 fully saturated rings. The largest absolute Gasteiger partial charge is 0.478 e. The highest BCUT2D eigenvalue weighted by Gasteiger charge is 2.08. The van der Waals surface area contributed by atoms with Gasteiger partial charge in [0, 0.05) is 24.3 Å². The Morgan fingerprint density at radius 1 is 1.39 bits per heavy atom. The van der Waals surface area contributed by atoms with Gasteiger partial charge in [-0.3, -0.25) is 0 Å². The van der Waals surface area contributed by atoms with Gasteiger partial charge in [0.1, 0.15) is 5.76 Å².